The predicted octanol–water partition coefficient (Wildman–Crippen LogP) is 3.14. The molecule has 2 rings (SSSR count). The van der Waals surface area contributed by atoms with Gasteiger partial charge in [-0.15, -0.1) is 0 Å². The minimum absolute atomic E-state index is 0.0106. The molecule has 0 amide bonds. The number of carboxylic acid groups (broad SMARTS) is 1. The maximum absolute atomic E-state index is 13.5. The second-order valence-electron chi connectivity index (χ2n) is 7.79. The van der Waals surface area contributed by atoms with Crippen molar-refractivity contribution in [3.63, 3.8) is 0 Å². The molecule has 0 radical (unpaired) electrons. The van der Waals surface area contributed by atoms with Gasteiger partial charge in [0.15, 0.2) is 0 Å². The van der Waals surface area contributed by atoms with Gasteiger partial charge in [0.2, 0.25) is 0 Å². The topological polar surface area (TPSA) is 95.6 Å². The number of nitrogens with zero attached hydrogens (tertiary/aromatic N) is 3. The van der Waals surface area contributed by atoms with Crippen molar-refractivity contribution in [1.82, 2.24) is 14.3 Å². The molecule has 0 spiro atoms. The molecule has 0 fully saturated rings. The third-order valence-corrected chi connectivity index (χ3v) is 5.87. The molecule has 2 aromatic rings. The summed E-state index contributed by atoms with van der Waals surface area (Å²) in [4.78, 5) is 23.0. The average Bonchev–Trinajstić information content (AvgIpc) is 2.99. The first kappa shape index (κ1) is 23.7. The van der Waals surface area contributed by atoms with Gasteiger partial charge >= 0.3 is 12.1 Å². The number of hydrogen-bond donors (Lipinski definition) is 1. The summed E-state index contributed by atoms with van der Waals surface area (Å²) in [5, 5.41) is 12.3. The van der Waals surface area contributed by atoms with Crippen LogP contribution in [0.15, 0.2) is 29.4 Å². The van der Waals surface area contributed by atoms with Gasteiger partial charge in [0.25, 0.3) is 5.56 Å². The van der Waals surface area contributed by atoms with E-state index in [-0.39, 0.29) is 30.8 Å². The molecule has 2 heterocycles. The molecule has 30 heavy (non-hydrogen) atoms. The molecule has 8 nitrogen and oxygen atoms in total. The Morgan fingerprint density at radius 3 is 2.60 bits per heavy atom. The summed E-state index contributed by atoms with van der Waals surface area (Å²) in [6, 6.07) is 1.67. The largest absolute Gasteiger partial charge is 0.499 e. The Hall–Kier alpha value is -2.60. The van der Waals surface area contributed by atoms with Crippen molar-refractivity contribution >= 4 is 24.9 Å². The minimum atomic E-state index is -4.69. The molecule has 0 aliphatic carbocycles. The number of aromatic nitrogens is 3. The second-order valence-corrected chi connectivity index (χ2v) is 13.4. The van der Waals surface area contributed by atoms with Crippen molar-refractivity contribution in [2.75, 3.05) is 13.2 Å². The quantitative estimate of drug-likeness (QED) is 0.260. The van der Waals surface area contributed by atoms with Crippen LogP contribution in [-0.2, 0) is 33.7 Å². The number of alkyl halides is 3. The summed E-state index contributed by atoms with van der Waals surface area (Å²) in [5.74, 6) is -1.24. The van der Waals surface area contributed by atoms with Crippen molar-refractivity contribution in [2.45, 2.75) is 45.1 Å². The van der Waals surface area contributed by atoms with E-state index in [4.69, 9.17) is 14.6 Å². The highest BCUT2D eigenvalue weighted by Gasteiger charge is 2.36. The Morgan fingerprint density at radius 2 is 2.00 bits per heavy atom. The molecule has 2 aromatic heterocycles. The van der Waals surface area contributed by atoms with Crippen LogP contribution < -0.4 is 5.56 Å². The van der Waals surface area contributed by atoms with E-state index in [0.29, 0.717) is 6.61 Å². The van der Waals surface area contributed by atoms with Gasteiger partial charge in [-0.1, -0.05) is 19.6 Å². The number of aliphatic carboxylic acids is 1. The lowest BCUT2D eigenvalue weighted by Crippen LogP contribution is -2.26. The molecule has 0 bridgehead atoms. The van der Waals surface area contributed by atoms with E-state index in [1.807, 2.05) is 0 Å². The number of carboxylic acids is 1. The van der Waals surface area contributed by atoms with E-state index >= 15 is 0 Å². The maximum Gasteiger partial charge on any atom is 0.431 e. The molecular formula is C18H24F3N3O5Si. The van der Waals surface area contributed by atoms with Crippen LogP contribution >= 0.6 is 0 Å². The van der Waals surface area contributed by atoms with Gasteiger partial charge in [-0.2, -0.15) is 18.3 Å². The molecule has 0 unspecified atom stereocenters. The van der Waals surface area contributed by atoms with E-state index < -0.39 is 31.5 Å². The smallest absolute Gasteiger partial charge is 0.431 e. The number of fused-ring (bicyclic) bond motifs is 1. The third-order valence-electron chi connectivity index (χ3n) is 4.16. The Labute approximate surface area is 171 Å². The summed E-state index contributed by atoms with van der Waals surface area (Å²) in [7, 11) is -1.31. The SMILES string of the molecule is C[Si](C)(C)CCOCn1ncc2c(cc(C(F)(F)F)n2CCO/C=C/C(=O)O)c1=O. The summed E-state index contributed by atoms with van der Waals surface area (Å²) < 4.78 is 52.6. The van der Waals surface area contributed by atoms with Crippen molar-refractivity contribution in [3.05, 3.63) is 40.6 Å². The Balaban J connectivity index is 2.25. The van der Waals surface area contributed by atoms with Crippen LogP contribution in [0.25, 0.3) is 10.9 Å². The van der Waals surface area contributed by atoms with Crippen LogP contribution in [0, 0.1) is 0 Å². The highest BCUT2D eigenvalue weighted by atomic mass is 28.3. The Kier molecular flexibility index (Phi) is 7.47. The number of ether oxygens (including phenoxy) is 2. The number of halogens is 3. The zero-order valence-electron chi connectivity index (χ0n) is 16.9. The molecule has 0 aliphatic heterocycles. The summed E-state index contributed by atoms with van der Waals surface area (Å²) >= 11 is 0. The molecule has 166 valence electrons. The number of hydrogen-bond acceptors (Lipinski definition) is 5. The first-order valence-corrected chi connectivity index (χ1v) is 12.9. The fraction of sp³-hybridized carbons (Fsp3) is 0.500. The molecule has 0 aliphatic rings. The standard InChI is InChI=1S/C18H24F3N3O5Si/c1-30(2,3)9-8-29-12-24-17(27)13-10-15(18(19,20)21)23(14(13)11-22-24)5-7-28-6-4-16(25)26/h4,6,10-11H,5,7-9,12H2,1-3H3,(H,25,26)/b6-4+. The monoisotopic (exact) mass is 447 g/mol. The number of carbonyl (C=O) groups is 1. The normalized spacial score (nSPS) is 12.7. The van der Waals surface area contributed by atoms with E-state index in [2.05, 4.69) is 24.7 Å². The van der Waals surface area contributed by atoms with E-state index in [0.717, 1.165) is 33.7 Å². The molecule has 0 atom stereocenters. The van der Waals surface area contributed by atoms with Gasteiger partial charge in [-0.25, -0.2) is 9.48 Å². The zero-order chi connectivity index (χ0) is 22.5. The number of rotatable bonds is 10. The fourth-order valence-corrected chi connectivity index (χ4v) is 3.36. The summed E-state index contributed by atoms with van der Waals surface area (Å²) in [5.41, 5.74) is -1.69. The molecular weight excluding hydrogens is 423 g/mol. The first-order valence-electron chi connectivity index (χ1n) is 9.15. The van der Waals surface area contributed by atoms with Gasteiger partial charge < -0.3 is 19.1 Å². The maximum atomic E-state index is 13.5. The molecule has 0 saturated heterocycles. The molecule has 0 aromatic carbocycles. The highest BCUT2D eigenvalue weighted by Crippen LogP contribution is 2.32. The molecule has 12 heteroatoms. The fourth-order valence-electron chi connectivity index (χ4n) is 2.61. The Morgan fingerprint density at radius 1 is 1.30 bits per heavy atom. The lowest BCUT2D eigenvalue weighted by molar-refractivity contribution is -0.143. The van der Waals surface area contributed by atoms with Crippen molar-refractivity contribution in [3.8, 4) is 0 Å². The average molecular weight is 447 g/mol. The van der Waals surface area contributed by atoms with Gasteiger partial charge in [-0.05, 0) is 12.1 Å². The van der Waals surface area contributed by atoms with Crippen LogP contribution in [0.2, 0.25) is 25.7 Å². The highest BCUT2D eigenvalue weighted by molar-refractivity contribution is 6.76. The minimum Gasteiger partial charge on any atom is -0.499 e. The van der Waals surface area contributed by atoms with Gasteiger partial charge in [0, 0.05) is 14.7 Å². The third kappa shape index (κ3) is 6.45. The predicted molar refractivity (Wildman–Crippen MR) is 106 cm³/mol. The molecule has 0 saturated carbocycles. The van der Waals surface area contributed by atoms with Crippen molar-refractivity contribution in [1.29, 1.82) is 0 Å². The van der Waals surface area contributed by atoms with E-state index in [1.165, 1.54) is 6.20 Å². The van der Waals surface area contributed by atoms with E-state index in [1.54, 1.807) is 0 Å². The second kappa shape index (κ2) is 9.47. The van der Waals surface area contributed by atoms with Gasteiger partial charge in [0.05, 0.1) is 36.0 Å². The Bertz CT molecular complexity index is 976. The van der Waals surface area contributed by atoms with Crippen LogP contribution in [-0.4, -0.2) is 46.7 Å². The summed E-state index contributed by atoms with van der Waals surface area (Å²) in [6.45, 7) is 6.35. The van der Waals surface area contributed by atoms with Crippen molar-refractivity contribution in [2.24, 2.45) is 0 Å². The van der Waals surface area contributed by atoms with Crippen LogP contribution in [0.4, 0.5) is 13.2 Å². The summed E-state index contributed by atoms with van der Waals surface area (Å²) in [6.07, 6.45) is -1.91. The zero-order valence-corrected chi connectivity index (χ0v) is 17.9. The lowest BCUT2D eigenvalue weighted by atomic mass is 10.3. The van der Waals surface area contributed by atoms with Crippen LogP contribution in [0.5, 0.6) is 0 Å². The van der Waals surface area contributed by atoms with Crippen molar-refractivity contribution < 1.29 is 32.5 Å². The lowest BCUT2D eigenvalue weighted by Gasteiger charge is -2.15. The van der Waals surface area contributed by atoms with Crippen LogP contribution in [0.3, 0.4) is 0 Å². The van der Waals surface area contributed by atoms with E-state index in [9.17, 15) is 22.8 Å². The van der Waals surface area contributed by atoms with Gasteiger partial charge in [-0.3, -0.25) is 4.79 Å². The van der Waals surface area contributed by atoms with Gasteiger partial charge in [0.1, 0.15) is 19.0 Å². The van der Waals surface area contributed by atoms with Crippen LogP contribution in [0.1, 0.15) is 5.69 Å². The first-order chi connectivity index (χ1) is 13.9. The molecule has 1 N–H and O–H groups in total.